The van der Waals surface area contributed by atoms with Gasteiger partial charge in [0, 0.05) is 6.07 Å². The average molecular weight is 253 g/mol. The number of rotatable bonds is 3. The SMILES string of the molecule is COc1c(N)ncnc1Oc1cc(F)ccc1F. The standard InChI is InChI=1S/C11H9F2N3O2/c1-17-9-10(14)15-5-16-11(9)18-8-4-6(12)2-3-7(8)13/h2-5H,1H3,(H2,14,15,16). The van der Waals surface area contributed by atoms with Crippen molar-refractivity contribution in [3.8, 4) is 17.4 Å². The lowest BCUT2D eigenvalue weighted by molar-refractivity contribution is 0.359. The molecule has 0 fully saturated rings. The molecule has 0 radical (unpaired) electrons. The van der Waals surface area contributed by atoms with Crippen LogP contribution in [0.15, 0.2) is 24.5 Å². The van der Waals surface area contributed by atoms with Gasteiger partial charge in [-0.2, -0.15) is 4.98 Å². The third kappa shape index (κ3) is 2.29. The van der Waals surface area contributed by atoms with E-state index in [2.05, 4.69) is 9.97 Å². The van der Waals surface area contributed by atoms with E-state index in [9.17, 15) is 8.78 Å². The maximum atomic E-state index is 13.4. The molecule has 2 rings (SSSR count). The summed E-state index contributed by atoms with van der Waals surface area (Å²) in [6.07, 6.45) is 1.13. The van der Waals surface area contributed by atoms with Gasteiger partial charge < -0.3 is 15.2 Å². The molecule has 0 aliphatic carbocycles. The maximum absolute atomic E-state index is 13.4. The number of nitrogens with two attached hydrogens (primary N) is 1. The van der Waals surface area contributed by atoms with E-state index in [1.807, 2.05) is 0 Å². The molecule has 0 saturated carbocycles. The van der Waals surface area contributed by atoms with Crippen molar-refractivity contribution < 1.29 is 18.3 Å². The van der Waals surface area contributed by atoms with Gasteiger partial charge in [0.15, 0.2) is 17.4 Å². The normalized spacial score (nSPS) is 10.2. The van der Waals surface area contributed by atoms with E-state index in [-0.39, 0.29) is 23.2 Å². The lowest BCUT2D eigenvalue weighted by atomic mass is 10.3. The Labute approximate surface area is 101 Å². The number of halogens is 2. The van der Waals surface area contributed by atoms with Crippen LogP contribution in [0.25, 0.3) is 0 Å². The number of nitrogen functional groups attached to an aromatic ring is 1. The molecule has 2 N–H and O–H groups in total. The molecule has 1 aromatic heterocycles. The predicted octanol–water partition coefficient (Wildman–Crippen LogP) is 2.14. The Morgan fingerprint density at radius 3 is 2.72 bits per heavy atom. The van der Waals surface area contributed by atoms with E-state index in [1.54, 1.807) is 0 Å². The zero-order valence-corrected chi connectivity index (χ0v) is 9.35. The molecule has 18 heavy (non-hydrogen) atoms. The first-order chi connectivity index (χ1) is 8.61. The smallest absolute Gasteiger partial charge is 0.268 e. The molecule has 0 unspecified atom stereocenters. The van der Waals surface area contributed by atoms with E-state index >= 15 is 0 Å². The van der Waals surface area contributed by atoms with Crippen LogP contribution in [0.2, 0.25) is 0 Å². The van der Waals surface area contributed by atoms with Gasteiger partial charge in [-0.05, 0) is 12.1 Å². The van der Waals surface area contributed by atoms with Crippen LogP contribution in [-0.2, 0) is 0 Å². The van der Waals surface area contributed by atoms with Crippen molar-refractivity contribution in [1.29, 1.82) is 0 Å². The van der Waals surface area contributed by atoms with E-state index in [1.165, 1.54) is 7.11 Å². The summed E-state index contributed by atoms with van der Waals surface area (Å²) >= 11 is 0. The van der Waals surface area contributed by atoms with Gasteiger partial charge in [-0.25, -0.2) is 13.8 Å². The molecule has 7 heteroatoms. The molecule has 94 valence electrons. The highest BCUT2D eigenvalue weighted by Gasteiger charge is 2.14. The maximum Gasteiger partial charge on any atom is 0.268 e. The fraction of sp³-hybridized carbons (Fsp3) is 0.0909. The molecule has 0 saturated heterocycles. The van der Waals surface area contributed by atoms with E-state index in [4.69, 9.17) is 15.2 Å². The van der Waals surface area contributed by atoms with E-state index < -0.39 is 11.6 Å². The summed E-state index contributed by atoms with van der Waals surface area (Å²) in [6.45, 7) is 0. The molecule has 1 heterocycles. The third-order valence-corrected chi connectivity index (χ3v) is 2.10. The van der Waals surface area contributed by atoms with Gasteiger partial charge in [-0.3, -0.25) is 0 Å². The summed E-state index contributed by atoms with van der Waals surface area (Å²) in [5.41, 5.74) is 5.53. The Morgan fingerprint density at radius 1 is 1.22 bits per heavy atom. The molecule has 0 aliphatic heterocycles. The van der Waals surface area contributed by atoms with Gasteiger partial charge in [0.05, 0.1) is 7.11 Å². The van der Waals surface area contributed by atoms with Crippen LogP contribution in [0.3, 0.4) is 0 Å². The number of methoxy groups -OCH3 is 1. The summed E-state index contributed by atoms with van der Waals surface area (Å²) in [6, 6.07) is 2.82. The van der Waals surface area contributed by atoms with Gasteiger partial charge >= 0.3 is 0 Å². The van der Waals surface area contributed by atoms with Crippen LogP contribution in [-0.4, -0.2) is 17.1 Å². The predicted molar refractivity (Wildman–Crippen MR) is 59.4 cm³/mol. The van der Waals surface area contributed by atoms with Gasteiger partial charge in [0.25, 0.3) is 5.88 Å². The highest BCUT2D eigenvalue weighted by Crippen LogP contribution is 2.33. The quantitative estimate of drug-likeness (QED) is 0.907. The molecule has 0 atom stereocenters. The largest absolute Gasteiger partial charge is 0.489 e. The van der Waals surface area contributed by atoms with Crippen molar-refractivity contribution in [2.24, 2.45) is 0 Å². The van der Waals surface area contributed by atoms with Crippen molar-refractivity contribution in [3.05, 3.63) is 36.2 Å². The summed E-state index contributed by atoms with van der Waals surface area (Å²) in [4.78, 5) is 7.44. The molecule has 0 spiro atoms. The molecule has 1 aromatic carbocycles. The molecule has 2 aromatic rings. The Bertz CT molecular complexity index is 578. The zero-order chi connectivity index (χ0) is 13.1. The monoisotopic (exact) mass is 253 g/mol. The summed E-state index contributed by atoms with van der Waals surface area (Å²) in [5.74, 6) is -1.66. The summed E-state index contributed by atoms with van der Waals surface area (Å²) in [5, 5.41) is 0. The molecule has 0 aliphatic rings. The number of anilines is 1. The molecular formula is C11H9F2N3O2. The second kappa shape index (κ2) is 4.82. The lowest BCUT2D eigenvalue weighted by Gasteiger charge is -2.10. The van der Waals surface area contributed by atoms with Crippen molar-refractivity contribution in [2.45, 2.75) is 0 Å². The first kappa shape index (κ1) is 12.0. The van der Waals surface area contributed by atoms with E-state index in [0.29, 0.717) is 0 Å². The van der Waals surface area contributed by atoms with Crippen molar-refractivity contribution in [2.75, 3.05) is 12.8 Å². The van der Waals surface area contributed by atoms with Gasteiger partial charge in [0.1, 0.15) is 12.1 Å². The number of benzene rings is 1. The minimum absolute atomic E-state index is 0.0410. The van der Waals surface area contributed by atoms with Crippen LogP contribution in [0.1, 0.15) is 0 Å². The Kier molecular flexibility index (Phi) is 3.22. The first-order valence-corrected chi connectivity index (χ1v) is 4.89. The minimum atomic E-state index is -0.726. The number of aromatic nitrogens is 2. The highest BCUT2D eigenvalue weighted by atomic mass is 19.1. The fourth-order valence-corrected chi connectivity index (χ4v) is 1.29. The van der Waals surface area contributed by atoms with Crippen LogP contribution >= 0.6 is 0 Å². The third-order valence-electron chi connectivity index (χ3n) is 2.10. The molecule has 0 bridgehead atoms. The molecular weight excluding hydrogens is 244 g/mol. The van der Waals surface area contributed by atoms with Crippen molar-refractivity contribution in [3.63, 3.8) is 0 Å². The second-order valence-corrected chi connectivity index (χ2v) is 3.27. The summed E-state index contributed by atoms with van der Waals surface area (Å²) < 4.78 is 36.4. The Morgan fingerprint density at radius 2 is 2.00 bits per heavy atom. The first-order valence-electron chi connectivity index (χ1n) is 4.89. The fourth-order valence-electron chi connectivity index (χ4n) is 1.29. The topological polar surface area (TPSA) is 70.3 Å². The number of hydrogen-bond acceptors (Lipinski definition) is 5. The highest BCUT2D eigenvalue weighted by molar-refractivity contribution is 5.52. The van der Waals surface area contributed by atoms with Gasteiger partial charge in [0.2, 0.25) is 5.75 Å². The van der Waals surface area contributed by atoms with Gasteiger partial charge in [-0.1, -0.05) is 0 Å². The van der Waals surface area contributed by atoms with Gasteiger partial charge in [-0.15, -0.1) is 0 Å². The lowest BCUT2D eigenvalue weighted by Crippen LogP contribution is -2.01. The van der Waals surface area contributed by atoms with Crippen LogP contribution in [0.5, 0.6) is 17.4 Å². The van der Waals surface area contributed by atoms with E-state index in [0.717, 1.165) is 24.5 Å². The van der Waals surface area contributed by atoms with Crippen molar-refractivity contribution in [1.82, 2.24) is 9.97 Å². The van der Waals surface area contributed by atoms with Crippen molar-refractivity contribution >= 4 is 5.82 Å². The molecule has 5 nitrogen and oxygen atoms in total. The minimum Gasteiger partial charge on any atom is -0.489 e. The molecule has 0 amide bonds. The van der Waals surface area contributed by atoms with Crippen LogP contribution in [0, 0.1) is 11.6 Å². The second-order valence-electron chi connectivity index (χ2n) is 3.27. The zero-order valence-electron chi connectivity index (χ0n) is 9.35. The Balaban J connectivity index is 2.40. The van der Waals surface area contributed by atoms with Crippen LogP contribution < -0.4 is 15.2 Å². The average Bonchev–Trinajstić information content (AvgIpc) is 2.34. The Hall–Kier alpha value is -2.44. The number of ether oxygens (including phenoxy) is 2. The number of hydrogen-bond donors (Lipinski definition) is 1. The summed E-state index contributed by atoms with van der Waals surface area (Å²) in [7, 11) is 1.34. The number of nitrogens with zero attached hydrogens (tertiary/aromatic N) is 2. The van der Waals surface area contributed by atoms with Crippen LogP contribution in [0.4, 0.5) is 14.6 Å².